The molecular formula is C27H24ClFN6. The van der Waals surface area contributed by atoms with Crippen molar-refractivity contribution in [3.05, 3.63) is 100 Å². The highest BCUT2D eigenvalue weighted by Gasteiger charge is 2.28. The first kappa shape index (κ1) is 22.8. The van der Waals surface area contributed by atoms with Gasteiger partial charge >= 0.3 is 0 Å². The van der Waals surface area contributed by atoms with Crippen LogP contribution in [-0.4, -0.2) is 19.7 Å². The lowest BCUT2D eigenvalue weighted by Crippen LogP contribution is -2.14. The molecule has 5 aromatic rings. The Labute approximate surface area is 207 Å². The number of nitrogens with zero attached hydrogens (tertiary/aromatic N) is 4. The maximum absolute atomic E-state index is 15.4. The fraction of sp³-hybridized carbons (Fsp3) is 0.148. The van der Waals surface area contributed by atoms with Gasteiger partial charge in [0.05, 0.1) is 11.6 Å². The van der Waals surface area contributed by atoms with Crippen molar-refractivity contribution in [1.29, 1.82) is 0 Å². The van der Waals surface area contributed by atoms with E-state index in [2.05, 4.69) is 10.1 Å². The van der Waals surface area contributed by atoms with Gasteiger partial charge in [0.1, 0.15) is 17.5 Å². The first-order chi connectivity index (χ1) is 16.8. The topological polar surface area (TPSA) is 95.6 Å². The fourth-order valence-electron chi connectivity index (χ4n) is 4.31. The minimum absolute atomic E-state index is 0.342. The van der Waals surface area contributed by atoms with Crippen LogP contribution < -0.4 is 11.5 Å². The molecule has 2 heterocycles. The molecule has 0 aliphatic heterocycles. The number of aryl methyl sites for hydroxylation is 2. The Balaban J connectivity index is 1.75. The highest BCUT2D eigenvalue weighted by atomic mass is 35.5. The van der Waals surface area contributed by atoms with E-state index in [1.165, 1.54) is 6.07 Å². The molecule has 0 bridgehead atoms. The third kappa shape index (κ3) is 4.31. The van der Waals surface area contributed by atoms with Gasteiger partial charge in [-0.05, 0) is 72.0 Å². The molecule has 0 aliphatic rings. The van der Waals surface area contributed by atoms with E-state index in [0.29, 0.717) is 39.4 Å². The summed E-state index contributed by atoms with van der Waals surface area (Å²) < 4.78 is 17.0. The molecule has 1 unspecified atom stereocenters. The molecule has 1 atom stereocenters. The van der Waals surface area contributed by atoms with Gasteiger partial charge in [-0.15, -0.1) is 0 Å². The average molecular weight is 487 g/mol. The number of benzene rings is 3. The fourth-order valence-corrected chi connectivity index (χ4v) is 4.43. The number of hydrogen-bond acceptors (Lipinski definition) is 5. The number of fused-ring (bicyclic) bond motifs is 1. The molecule has 4 N–H and O–H groups in total. The number of aromatic nitrogens is 4. The Hall–Kier alpha value is -3.97. The van der Waals surface area contributed by atoms with E-state index in [1.807, 2.05) is 43.3 Å². The molecule has 6 nitrogen and oxygen atoms in total. The summed E-state index contributed by atoms with van der Waals surface area (Å²) in [5.74, 6) is 0.394. The second-order valence-electron chi connectivity index (χ2n) is 8.48. The van der Waals surface area contributed by atoms with Crippen LogP contribution in [0.25, 0.3) is 22.2 Å². The maximum Gasteiger partial charge on any atom is 0.181 e. The quantitative estimate of drug-likeness (QED) is 0.309. The van der Waals surface area contributed by atoms with Crippen molar-refractivity contribution >= 4 is 33.9 Å². The summed E-state index contributed by atoms with van der Waals surface area (Å²) in [6.45, 7) is 2.03. The van der Waals surface area contributed by atoms with Crippen LogP contribution in [0.3, 0.4) is 0 Å². The minimum atomic E-state index is -0.645. The van der Waals surface area contributed by atoms with Crippen molar-refractivity contribution in [1.82, 2.24) is 19.7 Å². The Bertz CT molecular complexity index is 1540. The number of anilines is 2. The van der Waals surface area contributed by atoms with E-state index in [-0.39, 0.29) is 5.82 Å². The number of rotatable bonds is 5. The zero-order valence-corrected chi connectivity index (χ0v) is 20.1. The summed E-state index contributed by atoms with van der Waals surface area (Å²) >= 11 is 6.05. The van der Waals surface area contributed by atoms with E-state index in [1.54, 1.807) is 36.0 Å². The Morgan fingerprint density at radius 3 is 2.49 bits per heavy atom. The van der Waals surface area contributed by atoms with Crippen molar-refractivity contribution in [2.45, 2.75) is 19.3 Å². The number of halogens is 2. The third-order valence-electron chi connectivity index (χ3n) is 6.14. The van der Waals surface area contributed by atoms with E-state index < -0.39 is 5.92 Å². The molecule has 0 saturated carbocycles. The monoisotopic (exact) mass is 486 g/mol. The van der Waals surface area contributed by atoms with E-state index in [0.717, 1.165) is 28.3 Å². The standard InChI is InChI=1S/C27H24ClFN6/c1-3-15-4-11-22(29)21(12-15)24(23-14-17-13-19(30)9-10-20(17)25(31)32-23)27-33-26(34-35(27)2)16-5-7-18(28)8-6-16/h4-14,24H,3,30H2,1-2H3,(H2,31,32). The van der Waals surface area contributed by atoms with Crippen LogP contribution >= 0.6 is 11.6 Å². The minimum Gasteiger partial charge on any atom is -0.399 e. The molecule has 8 heteroatoms. The molecular weight excluding hydrogens is 463 g/mol. The highest BCUT2D eigenvalue weighted by molar-refractivity contribution is 6.30. The highest BCUT2D eigenvalue weighted by Crippen LogP contribution is 2.36. The molecule has 176 valence electrons. The van der Waals surface area contributed by atoms with Crippen molar-refractivity contribution < 1.29 is 4.39 Å². The van der Waals surface area contributed by atoms with Crippen molar-refractivity contribution in [3.63, 3.8) is 0 Å². The molecule has 0 spiro atoms. The van der Waals surface area contributed by atoms with Gasteiger partial charge in [-0.25, -0.2) is 14.4 Å². The second kappa shape index (κ2) is 9.00. The third-order valence-corrected chi connectivity index (χ3v) is 6.39. The number of pyridine rings is 1. The lowest BCUT2D eigenvalue weighted by molar-refractivity contribution is 0.591. The van der Waals surface area contributed by atoms with Gasteiger partial charge in [0, 0.05) is 34.3 Å². The van der Waals surface area contributed by atoms with Crippen LogP contribution in [0.1, 0.15) is 35.5 Å². The van der Waals surface area contributed by atoms with E-state index >= 15 is 4.39 Å². The summed E-state index contributed by atoms with van der Waals surface area (Å²) in [7, 11) is 1.79. The van der Waals surface area contributed by atoms with Gasteiger partial charge in [0.2, 0.25) is 0 Å². The predicted molar refractivity (Wildman–Crippen MR) is 139 cm³/mol. The summed E-state index contributed by atoms with van der Waals surface area (Å²) in [5, 5.41) is 6.84. The molecule has 0 saturated heterocycles. The van der Waals surface area contributed by atoms with Gasteiger partial charge in [-0.2, -0.15) is 5.10 Å². The van der Waals surface area contributed by atoms with Crippen molar-refractivity contribution in [3.8, 4) is 11.4 Å². The largest absolute Gasteiger partial charge is 0.399 e. The van der Waals surface area contributed by atoms with Crippen LogP contribution in [0.4, 0.5) is 15.9 Å². The lowest BCUT2D eigenvalue weighted by Gasteiger charge is -2.19. The summed E-state index contributed by atoms with van der Waals surface area (Å²) in [4.78, 5) is 9.51. The van der Waals surface area contributed by atoms with Crippen molar-refractivity contribution in [2.75, 3.05) is 11.5 Å². The predicted octanol–water partition coefficient (Wildman–Crippen LogP) is 5.73. The molecule has 35 heavy (non-hydrogen) atoms. The molecule has 0 amide bonds. The Morgan fingerprint density at radius 1 is 0.971 bits per heavy atom. The summed E-state index contributed by atoms with van der Waals surface area (Å²) in [6.07, 6.45) is 0.763. The molecule has 0 aliphatic carbocycles. The van der Waals surface area contributed by atoms with E-state index in [9.17, 15) is 0 Å². The normalized spacial score (nSPS) is 12.2. The summed E-state index contributed by atoms with van der Waals surface area (Å²) in [6, 6.07) is 19.7. The molecule has 3 aromatic carbocycles. The zero-order valence-electron chi connectivity index (χ0n) is 19.3. The summed E-state index contributed by atoms with van der Waals surface area (Å²) in [5.41, 5.74) is 15.8. The van der Waals surface area contributed by atoms with Crippen LogP contribution in [0.15, 0.2) is 66.7 Å². The molecule has 2 aromatic heterocycles. The van der Waals surface area contributed by atoms with Gasteiger partial charge < -0.3 is 11.5 Å². The SMILES string of the molecule is CCc1ccc(F)c(C(c2cc3cc(N)ccc3c(N)n2)c2nc(-c3ccc(Cl)cc3)nn2C)c1. The van der Waals surface area contributed by atoms with Gasteiger partial charge in [-0.3, -0.25) is 4.68 Å². The molecule has 5 rings (SSSR count). The lowest BCUT2D eigenvalue weighted by atomic mass is 9.91. The number of nitrogens with two attached hydrogens (primary N) is 2. The van der Waals surface area contributed by atoms with Gasteiger partial charge in [-0.1, -0.05) is 30.7 Å². The van der Waals surface area contributed by atoms with Crippen molar-refractivity contribution in [2.24, 2.45) is 7.05 Å². The average Bonchev–Trinajstić information content (AvgIpc) is 3.21. The second-order valence-corrected chi connectivity index (χ2v) is 8.92. The van der Waals surface area contributed by atoms with Crippen LogP contribution in [0.2, 0.25) is 5.02 Å². The van der Waals surface area contributed by atoms with Crippen LogP contribution in [0.5, 0.6) is 0 Å². The maximum atomic E-state index is 15.4. The van der Waals surface area contributed by atoms with Gasteiger partial charge in [0.15, 0.2) is 5.82 Å². The molecule has 0 fully saturated rings. The number of nitrogen functional groups attached to an aromatic ring is 2. The van der Waals surface area contributed by atoms with Crippen LogP contribution in [0, 0.1) is 5.82 Å². The van der Waals surface area contributed by atoms with Gasteiger partial charge in [0.25, 0.3) is 0 Å². The smallest absolute Gasteiger partial charge is 0.181 e. The number of hydrogen-bond donors (Lipinski definition) is 2. The molecule has 0 radical (unpaired) electrons. The van der Waals surface area contributed by atoms with Crippen LogP contribution in [-0.2, 0) is 13.5 Å². The first-order valence-corrected chi connectivity index (χ1v) is 11.6. The zero-order chi connectivity index (χ0) is 24.7. The first-order valence-electron chi connectivity index (χ1n) is 11.2. The van der Waals surface area contributed by atoms with E-state index in [4.69, 9.17) is 28.1 Å². The Kier molecular flexibility index (Phi) is 5.86. The Morgan fingerprint density at radius 2 is 1.74 bits per heavy atom.